The zero-order valence-corrected chi connectivity index (χ0v) is 13.1. The van der Waals surface area contributed by atoms with Gasteiger partial charge in [0.25, 0.3) is 0 Å². The lowest BCUT2D eigenvalue weighted by Crippen LogP contribution is -2.43. The van der Waals surface area contributed by atoms with Gasteiger partial charge < -0.3 is 11.1 Å². The van der Waals surface area contributed by atoms with E-state index >= 15 is 0 Å². The summed E-state index contributed by atoms with van der Waals surface area (Å²) < 4.78 is 2.66. The number of nitrogens with two attached hydrogens (primary N) is 1. The lowest BCUT2D eigenvalue weighted by Gasteiger charge is -2.31. The van der Waals surface area contributed by atoms with Crippen molar-refractivity contribution in [1.29, 1.82) is 0 Å². The zero-order valence-electron chi connectivity index (χ0n) is 11.5. The van der Waals surface area contributed by atoms with Crippen LogP contribution in [-0.2, 0) is 4.79 Å². The molecule has 0 unspecified atom stereocenters. The Hall–Kier alpha value is -1.67. The summed E-state index contributed by atoms with van der Waals surface area (Å²) in [7, 11) is 0. The van der Waals surface area contributed by atoms with Gasteiger partial charge in [-0.25, -0.2) is 4.52 Å². The van der Waals surface area contributed by atoms with Gasteiger partial charge in [-0.05, 0) is 40.9 Å². The van der Waals surface area contributed by atoms with E-state index in [1.54, 1.807) is 4.52 Å². The van der Waals surface area contributed by atoms with Gasteiger partial charge in [0.05, 0.1) is 11.0 Å². The number of primary amides is 1. The predicted molar refractivity (Wildman–Crippen MR) is 83.0 cm³/mol. The van der Waals surface area contributed by atoms with Crippen molar-refractivity contribution in [2.45, 2.75) is 18.9 Å². The van der Waals surface area contributed by atoms with Crippen molar-refractivity contribution in [1.82, 2.24) is 19.5 Å². The van der Waals surface area contributed by atoms with Crippen molar-refractivity contribution in [3.05, 3.63) is 22.8 Å². The van der Waals surface area contributed by atoms with Crippen LogP contribution in [0.25, 0.3) is 5.65 Å². The molecule has 0 aromatic carbocycles. The van der Waals surface area contributed by atoms with Crippen molar-refractivity contribution in [3.63, 3.8) is 0 Å². The lowest BCUT2D eigenvalue weighted by molar-refractivity contribution is -0.119. The van der Waals surface area contributed by atoms with Crippen LogP contribution in [-0.4, -0.2) is 51.1 Å². The molecule has 1 amide bonds. The highest BCUT2D eigenvalue weighted by Crippen LogP contribution is 2.19. The summed E-state index contributed by atoms with van der Waals surface area (Å²) in [5.41, 5.74) is 6.01. The quantitative estimate of drug-likeness (QED) is 0.851. The number of carbonyl (C=O) groups excluding carboxylic acids is 1. The average Bonchev–Trinajstić information content (AvgIpc) is 2.84. The molecule has 0 saturated carbocycles. The molecule has 0 radical (unpaired) electrons. The number of hydrogen-bond acceptors (Lipinski definition) is 5. The van der Waals surface area contributed by atoms with Crippen LogP contribution in [0.2, 0.25) is 0 Å². The predicted octanol–water partition coefficient (Wildman–Crippen LogP) is 0.853. The smallest absolute Gasteiger partial charge is 0.243 e. The highest BCUT2D eigenvalue weighted by molar-refractivity contribution is 9.10. The molecule has 3 rings (SSSR count). The maximum Gasteiger partial charge on any atom is 0.243 e. The highest BCUT2D eigenvalue weighted by Gasteiger charge is 2.21. The molecule has 1 aliphatic rings. The van der Waals surface area contributed by atoms with Gasteiger partial charge in [0.1, 0.15) is 0 Å². The standard InChI is InChI=1S/C13H17BrN6O/c14-10-2-1-5-20-12(10)17-13(18-20)16-9-3-6-19(7-4-9)8-11(15)21/h1-2,5,9H,3-4,6-8H2,(H2,15,21)(H,16,18). The van der Waals surface area contributed by atoms with Crippen LogP contribution in [0.4, 0.5) is 5.95 Å². The summed E-state index contributed by atoms with van der Waals surface area (Å²) in [6.07, 6.45) is 3.77. The number of likely N-dealkylation sites (tertiary alicyclic amines) is 1. The molecule has 0 atom stereocenters. The van der Waals surface area contributed by atoms with E-state index in [0.29, 0.717) is 18.5 Å². The van der Waals surface area contributed by atoms with E-state index in [-0.39, 0.29) is 5.91 Å². The fourth-order valence-corrected chi connectivity index (χ4v) is 3.00. The minimum absolute atomic E-state index is 0.270. The summed E-state index contributed by atoms with van der Waals surface area (Å²) >= 11 is 3.46. The van der Waals surface area contributed by atoms with Gasteiger partial charge in [-0.1, -0.05) is 0 Å². The van der Waals surface area contributed by atoms with E-state index in [9.17, 15) is 4.79 Å². The molecular weight excluding hydrogens is 336 g/mol. The molecule has 1 fully saturated rings. The zero-order chi connectivity index (χ0) is 14.8. The minimum Gasteiger partial charge on any atom is -0.369 e. The molecule has 0 bridgehead atoms. The summed E-state index contributed by atoms with van der Waals surface area (Å²) in [4.78, 5) is 17.5. The van der Waals surface area contributed by atoms with E-state index in [4.69, 9.17) is 5.73 Å². The van der Waals surface area contributed by atoms with Crippen LogP contribution >= 0.6 is 15.9 Å². The van der Waals surface area contributed by atoms with Crippen LogP contribution in [0.3, 0.4) is 0 Å². The molecule has 3 heterocycles. The van der Waals surface area contributed by atoms with Crippen LogP contribution in [0.15, 0.2) is 22.8 Å². The lowest BCUT2D eigenvalue weighted by atomic mass is 10.1. The number of nitrogens with zero attached hydrogens (tertiary/aromatic N) is 4. The number of amides is 1. The third kappa shape index (κ3) is 3.33. The van der Waals surface area contributed by atoms with E-state index < -0.39 is 0 Å². The number of hydrogen-bond donors (Lipinski definition) is 2. The third-order valence-electron chi connectivity index (χ3n) is 3.61. The first-order valence-corrected chi connectivity index (χ1v) is 7.69. The number of piperidine rings is 1. The highest BCUT2D eigenvalue weighted by atomic mass is 79.9. The minimum atomic E-state index is -0.270. The van der Waals surface area contributed by atoms with E-state index in [1.807, 2.05) is 18.3 Å². The SMILES string of the molecule is NC(=O)CN1CCC(Nc2nc3c(Br)cccn3n2)CC1. The Kier molecular flexibility index (Phi) is 4.07. The Morgan fingerprint density at radius 2 is 2.24 bits per heavy atom. The van der Waals surface area contributed by atoms with Gasteiger partial charge in [-0.15, -0.1) is 5.10 Å². The molecule has 112 valence electrons. The van der Waals surface area contributed by atoms with Crippen LogP contribution < -0.4 is 11.1 Å². The monoisotopic (exact) mass is 352 g/mol. The van der Waals surface area contributed by atoms with Crippen LogP contribution in [0, 0.1) is 0 Å². The van der Waals surface area contributed by atoms with E-state index in [0.717, 1.165) is 36.1 Å². The molecule has 1 aliphatic heterocycles. The molecule has 3 N–H and O–H groups in total. The number of nitrogens with one attached hydrogen (secondary N) is 1. The Morgan fingerprint density at radius 3 is 2.90 bits per heavy atom. The van der Waals surface area contributed by atoms with Gasteiger partial charge in [0.2, 0.25) is 11.9 Å². The van der Waals surface area contributed by atoms with Crippen LogP contribution in [0.1, 0.15) is 12.8 Å². The Labute approximate surface area is 130 Å². The normalized spacial score (nSPS) is 17.2. The number of halogens is 1. The molecule has 2 aromatic rings. The van der Waals surface area contributed by atoms with Gasteiger partial charge >= 0.3 is 0 Å². The summed E-state index contributed by atoms with van der Waals surface area (Å²) in [5, 5.41) is 7.78. The average molecular weight is 353 g/mol. The first-order chi connectivity index (χ1) is 10.1. The number of fused-ring (bicyclic) bond motifs is 1. The van der Waals surface area contributed by atoms with Gasteiger partial charge in [0, 0.05) is 25.3 Å². The van der Waals surface area contributed by atoms with Crippen molar-refractivity contribution in [2.24, 2.45) is 5.73 Å². The first-order valence-electron chi connectivity index (χ1n) is 6.90. The fraction of sp³-hybridized carbons (Fsp3) is 0.462. The first kappa shape index (κ1) is 14.3. The summed E-state index contributed by atoms with van der Waals surface area (Å²) in [6.45, 7) is 2.06. The Morgan fingerprint density at radius 1 is 1.48 bits per heavy atom. The molecule has 8 heteroatoms. The molecule has 1 saturated heterocycles. The number of rotatable bonds is 4. The summed E-state index contributed by atoms with van der Waals surface area (Å²) in [5.74, 6) is 0.364. The maximum atomic E-state index is 10.9. The second kappa shape index (κ2) is 5.98. The number of aromatic nitrogens is 3. The maximum absolute atomic E-state index is 10.9. The topological polar surface area (TPSA) is 88.5 Å². The largest absolute Gasteiger partial charge is 0.369 e. The number of pyridine rings is 1. The Bertz CT molecular complexity index is 649. The fourth-order valence-electron chi connectivity index (χ4n) is 2.57. The van der Waals surface area contributed by atoms with Crippen molar-refractivity contribution >= 4 is 33.4 Å². The third-order valence-corrected chi connectivity index (χ3v) is 4.23. The van der Waals surface area contributed by atoms with Crippen molar-refractivity contribution < 1.29 is 4.79 Å². The van der Waals surface area contributed by atoms with E-state index in [1.165, 1.54) is 0 Å². The molecule has 0 spiro atoms. The number of carbonyl (C=O) groups is 1. The van der Waals surface area contributed by atoms with E-state index in [2.05, 4.69) is 36.2 Å². The second-order valence-electron chi connectivity index (χ2n) is 5.22. The molecule has 7 nitrogen and oxygen atoms in total. The van der Waals surface area contributed by atoms with Gasteiger partial charge in [0.15, 0.2) is 5.65 Å². The number of anilines is 1. The van der Waals surface area contributed by atoms with Crippen molar-refractivity contribution in [3.8, 4) is 0 Å². The molecular formula is C13H17BrN6O. The molecule has 0 aliphatic carbocycles. The molecule has 21 heavy (non-hydrogen) atoms. The second-order valence-corrected chi connectivity index (χ2v) is 6.08. The molecule has 2 aromatic heterocycles. The van der Waals surface area contributed by atoms with Gasteiger partial charge in [-0.2, -0.15) is 4.98 Å². The Balaban J connectivity index is 1.62. The summed E-state index contributed by atoms with van der Waals surface area (Å²) in [6, 6.07) is 4.18. The van der Waals surface area contributed by atoms with Gasteiger partial charge in [-0.3, -0.25) is 9.69 Å². The van der Waals surface area contributed by atoms with Crippen LogP contribution in [0.5, 0.6) is 0 Å². The van der Waals surface area contributed by atoms with Crippen molar-refractivity contribution in [2.75, 3.05) is 25.0 Å².